The number of nitrogens with one attached hydrogen (secondary N) is 3. The van der Waals surface area contributed by atoms with Gasteiger partial charge in [0.1, 0.15) is 5.78 Å². The highest BCUT2D eigenvalue weighted by Crippen LogP contribution is 2.53. The quantitative estimate of drug-likeness (QED) is 0.0285. The van der Waals surface area contributed by atoms with Gasteiger partial charge < -0.3 is 36.6 Å². The number of carbonyl (C=O) groups excluding carboxylic acids is 2. The first-order valence-corrected chi connectivity index (χ1v) is 24.2. The average molecular weight is 867 g/mol. The second-order valence-electron chi connectivity index (χ2n) is 19.5. The molecule has 3 aromatic carbocycles. The van der Waals surface area contributed by atoms with Crippen molar-refractivity contribution in [2.75, 3.05) is 26.4 Å². The van der Waals surface area contributed by atoms with E-state index in [1.165, 1.54) is 67.7 Å². The first-order valence-electron chi connectivity index (χ1n) is 24.2. The van der Waals surface area contributed by atoms with Gasteiger partial charge in [-0.3, -0.25) is 9.59 Å². The third-order valence-corrected chi connectivity index (χ3v) is 15.2. The molecule has 0 spiro atoms. The Hall–Kier alpha value is -4.80. The number of benzene rings is 3. The number of piperidine rings is 1. The maximum absolute atomic E-state index is 13.4. The number of ketones is 2. The van der Waals surface area contributed by atoms with E-state index in [1.807, 2.05) is 12.3 Å². The van der Waals surface area contributed by atoms with Crippen LogP contribution in [-0.4, -0.2) is 60.4 Å². The number of hydrogen-bond donors (Lipinski definition) is 6. The molecule has 5 aliphatic rings. The van der Waals surface area contributed by atoms with Crippen molar-refractivity contribution in [1.82, 2.24) is 16.0 Å². The van der Waals surface area contributed by atoms with E-state index in [9.17, 15) is 19.8 Å². The lowest BCUT2D eigenvalue weighted by molar-refractivity contribution is -0.124. The SMILES string of the molecule is NC1C=C(CCc2cccc(CCc3ccccc3)c2)C(Cc2cc(O)c(OCO)cc2C=CC(=O)CC(=O)CCCC2(CC3C4CCNCC4CC4C=CCNC43)CCCC2)=CN1. The standard InChI is InChI=1S/C55H70N4O5/c56-53-32-42(18-17-40-12-6-11-39(27-40)16-15-38-9-2-1-3-10-38)45(36-59-53)29-44-30-51(63)52(64-37-60)31-41(44)19-20-48(62)33-47(61)14-7-24-55(22-4-5-23-55)34-50-49-21-26-57-35-46(49)28-43-13-8-25-58-54(43)50/h1-3,6,8-13,19-20,27,30-32,36,43,46,49-50,53-54,57-60,63H,4-5,7,14-18,21-26,28-29,33-35,37,56H2. The number of aliphatic hydroxyl groups excluding tert-OH is 1. The maximum atomic E-state index is 13.4. The van der Waals surface area contributed by atoms with Crippen molar-refractivity contribution in [1.29, 1.82) is 0 Å². The van der Waals surface area contributed by atoms with Crippen molar-refractivity contribution < 1.29 is 24.5 Å². The van der Waals surface area contributed by atoms with Crippen LogP contribution in [0.3, 0.4) is 0 Å². The summed E-state index contributed by atoms with van der Waals surface area (Å²) in [5, 5.41) is 31.3. The number of nitrogens with two attached hydrogens (primary N) is 1. The third kappa shape index (κ3) is 11.9. The average Bonchev–Trinajstić information content (AvgIpc) is 3.77. The Morgan fingerprint density at radius 2 is 1.72 bits per heavy atom. The van der Waals surface area contributed by atoms with E-state index < -0.39 is 6.79 Å². The Balaban J connectivity index is 0.878. The van der Waals surface area contributed by atoms with Gasteiger partial charge in [0.2, 0.25) is 0 Å². The van der Waals surface area contributed by atoms with Crippen molar-refractivity contribution in [3.63, 3.8) is 0 Å². The Bertz CT molecular complexity index is 2190. The van der Waals surface area contributed by atoms with Crippen LogP contribution in [0.4, 0.5) is 0 Å². The minimum Gasteiger partial charge on any atom is -0.504 e. The van der Waals surface area contributed by atoms with E-state index in [1.54, 1.807) is 18.2 Å². The maximum Gasteiger partial charge on any atom is 0.186 e. The van der Waals surface area contributed by atoms with Crippen LogP contribution in [0.15, 0.2) is 108 Å². The minimum absolute atomic E-state index is 0.0143. The first kappa shape index (κ1) is 45.8. The van der Waals surface area contributed by atoms with E-state index in [0.717, 1.165) is 86.7 Å². The molecular formula is C55H70N4O5. The van der Waals surface area contributed by atoms with Gasteiger partial charge in [0, 0.05) is 25.2 Å². The zero-order chi connectivity index (χ0) is 44.3. The molecule has 6 unspecified atom stereocenters. The number of ether oxygens (including phenoxy) is 1. The fourth-order valence-electron chi connectivity index (χ4n) is 12.0. The molecule has 9 heteroatoms. The molecule has 9 nitrogen and oxygen atoms in total. The van der Waals surface area contributed by atoms with E-state index in [2.05, 4.69) is 82.7 Å². The van der Waals surface area contributed by atoms with Crippen LogP contribution in [0.25, 0.3) is 6.08 Å². The number of aliphatic hydroxyl groups is 1. The second kappa shape index (κ2) is 21.9. The fourth-order valence-corrected chi connectivity index (χ4v) is 12.0. The van der Waals surface area contributed by atoms with E-state index in [4.69, 9.17) is 10.5 Å². The highest BCUT2D eigenvalue weighted by molar-refractivity contribution is 6.06. The molecule has 7 N–H and O–H groups in total. The Kier molecular flexibility index (Phi) is 15.7. The summed E-state index contributed by atoms with van der Waals surface area (Å²) in [6.07, 6.45) is 26.7. The van der Waals surface area contributed by atoms with Crippen molar-refractivity contribution in [2.45, 2.75) is 115 Å². The van der Waals surface area contributed by atoms with Crippen molar-refractivity contribution in [3.05, 3.63) is 136 Å². The lowest BCUT2D eigenvalue weighted by Crippen LogP contribution is -2.56. The highest BCUT2D eigenvalue weighted by atomic mass is 16.6. The van der Waals surface area contributed by atoms with Gasteiger partial charge >= 0.3 is 0 Å². The zero-order valence-corrected chi connectivity index (χ0v) is 37.6. The number of phenols is 1. The van der Waals surface area contributed by atoms with Gasteiger partial charge in [-0.2, -0.15) is 0 Å². The van der Waals surface area contributed by atoms with E-state index in [0.29, 0.717) is 36.3 Å². The summed E-state index contributed by atoms with van der Waals surface area (Å²) in [6.45, 7) is 2.63. The van der Waals surface area contributed by atoms with E-state index in [-0.39, 0.29) is 41.1 Å². The first-order chi connectivity index (χ1) is 31.2. The summed E-state index contributed by atoms with van der Waals surface area (Å²) in [6, 6.07) is 23.2. The van der Waals surface area contributed by atoms with Crippen LogP contribution in [0, 0.1) is 29.1 Å². The summed E-state index contributed by atoms with van der Waals surface area (Å²) < 4.78 is 5.33. The van der Waals surface area contributed by atoms with Crippen molar-refractivity contribution >= 4 is 17.6 Å². The molecule has 0 aromatic heterocycles. The topological polar surface area (TPSA) is 146 Å². The molecule has 8 rings (SSSR count). The van der Waals surface area contributed by atoms with Crippen LogP contribution in [0.2, 0.25) is 0 Å². The number of rotatable bonds is 20. The number of carbonyl (C=O) groups is 2. The number of hydrogen-bond acceptors (Lipinski definition) is 9. The fraction of sp³-hybridized carbons (Fsp3) is 0.491. The Morgan fingerprint density at radius 1 is 0.938 bits per heavy atom. The van der Waals surface area contributed by atoms with Gasteiger partial charge in [-0.15, -0.1) is 0 Å². The Labute approximate surface area is 380 Å². The second-order valence-corrected chi connectivity index (χ2v) is 19.5. The zero-order valence-electron chi connectivity index (χ0n) is 37.6. The van der Waals surface area contributed by atoms with Crippen LogP contribution in [0.1, 0.15) is 105 Å². The monoisotopic (exact) mass is 867 g/mol. The normalized spacial score (nSPS) is 24.9. The van der Waals surface area contributed by atoms with E-state index >= 15 is 0 Å². The van der Waals surface area contributed by atoms with Gasteiger partial charge in [0.15, 0.2) is 24.1 Å². The number of allylic oxidation sites excluding steroid dienone is 3. The number of Topliss-reactive ketones (excluding diaryl/α,β-unsaturated/α-hetero) is 1. The molecule has 64 heavy (non-hydrogen) atoms. The number of aryl methyl sites for hydroxylation is 3. The molecule has 1 saturated heterocycles. The molecule has 2 saturated carbocycles. The number of phenolic OH excluding ortho intramolecular Hbond substituents is 1. The predicted octanol–water partition coefficient (Wildman–Crippen LogP) is 8.43. The molecule has 340 valence electrons. The van der Waals surface area contributed by atoms with Crippen molar-refractivity contribution in [2.24, 2.45) is 34.8 Å². The number of dihydropyridines is 1. The summed E-state index contributed by atoms with van der Waals surface area (Å²) >= 11 is 0. The molecule has 6 atom stereocenters. The van der Waals surface area contributed by atoms with Gasteiger partial charge in [0.25, 0.3) is 0 Å². The lowest BCUT2D eigenvalue weighted by Gasteiger charge is -2.52. The van der Waals surface area contributed by atoms with Crippen LogP contribution < -0.4 is 26.4 Å². The molecule has 0 amide bonds. The number of fused-ring (bicyclic) bond motifs is 2. The largest absolute Gasteiger partial charge is 0.504 e. The molecule has 0 bridgehead atoms. The van der Waals surface area contributed by atoms with Crippen molar-refractivity contribution in [3.8, 4) is 11.5 Å². The van der Waals surface area contributed by atoms with Crippen LogP contribution >= 0.6 is 0 Å². The summed E-state index contributed by atoms with van der Waals surface area (Å²) in [7, 11) is 0. The lowest BCUT2D eigenvalue weighted by atomic mass is 9.57. The minimum atomic E-state index is -0.605. The molecule has 3 heterocycles. The molecule has 3 aliphatic heterocycles. The van der Waals surface area contributed by atoms with Gasteiger partial charge in [-0.1, -0.05) is 85.7 Å². The van der Waals surface area contributed by atoms with Crippen LogP contribution in [-0.2, 0) is 35.3 Å². The third-order valence-electron chi connectivity index (χ3n) is 15.2. The Morgan fingerprint density at radius 3 is 2.53 bits per heavy atom. The van der Waals surface area contributed by atoms with Gasteiger partial charge in [-0.05, 0) is 182 Å². The van der Waals surface area contributed by atoms with Crippen LogP contribution in [0.5, 0.6) is 11.5 Å². The molecule has 0 radical (unpaired) electrons. The molecule has 2 aliphatic carbocycles. The number of aromatic hydroxyl groups is 1. The summed E-state index contributed by atoms with van der Waals surface area (Å²) in [5.74, 6) is 2.56. The predicted molar refractivity (Wildman–Crippen MR) is 255 cm³/mol. The highest BCUT2D eigenvalue weighted by Gasteiger charge is 2.48. The molecule has 3 aromatic rings. The smallest absolute Gasteiger partial charge is 0.186 e. The molecular weight excluding hydrogens is 797 g/mol. The summed E-state index contributed by atoms with van der Waals surface area (Å²) in [5.41, 5.74) is 14.1. The molecule has 3 fully saturated rings. The van der Waals surface area contributed by atoms with Gasteiger partial charge in [0.05, 0.1) is 12.6 Å². The summed E-state index contributed by atoms with van der Waals surface area (Å²) in [4.78, 5) is 26.7. The van der Waals surface area contributed by atoms with Gasteiger partial charge in [-0.25, -0.2) is 0 Å².